The van der Waals surface area contributed by atoms with E-state index >= 15 is 0 Å². The maximum absolute atomic E-state index is 12.3. The van der Waals surface area contributed by atoms with E-state index in [0.29, 0.717) is 12.8 Å². The van der Waals surface area contributed by atoms with Crippen molar-refractivity contribution in [2.24, 2.45) is 0 Å². The van der Waals surface area contributed by atoms with Crippen molar-refractivity contribution in [1.29, 1.82) is 0 Å². The van der Waals surface area contributed by atoms with Gasteiger partial charge in [-0.2, -0.15) is 0 Å². The van der Waals surface area contributed by atoms with Crippen LogP contribution in [0.15, 0.2) is 48.6 Å². The first-order chi connectivity index (χ1) is 33.6. The topological polar surface area (TPSA) is 72.8 Å². The molecule has 0 radical (unpaired) electrons. The first-order valence-electron chi connectivity index (χ1n) is 30.2. The molecule has 0 aliphatic rings. The molecule has 0 aromatic rings. The Morgan fingerprint density at radius 2 is 0.588 bits per heavy atom. The summed E-state index contributed by atoms with van der Waals surface area (Å²) in [5, 5.41) is 9.67. The molecule has 0 fully saturated rings. The molecule has 0 spiro atoms. The highest BCUT2D eigenvalue weighted by Gasteiger charge is 2.16. The SMILES string of the molecule is CCCCCCC/C=C\C/C=C\C/C=C\CCCCCCCCCCCCC(=O)OC(CO)COC(=O)CCCCCCCCCCCCCCCCCCC/C=C\CCCCCCCCCC. The van der Waals surface area contributed by atoms with Gasteiger partial charge in [-0.25, -0.2) is 0 Å². The summed E-state index contributed by atoms with van der Waals surface area (Å²) < 4.78 is 10.7. The fourth-order valence-corrected chi connectivity index (χ4v) is 9.03. The Hall–Kier alpha value is -2.14. The lowest BCUT2D eigenvalue weighted by molar-refractivity contribution is -0.161. The molecule has 0 aliphatic heterocycles. The highest BCUT2D eigenvalue weighted by Crippen LogP contribution is 2.17. The van der Waals surface area contributed by atoms with Crippen LogP contribution < -0.4 is 0 Å². The van der Waals surface area contributed by atoms with Crippen molar-refractivity contribution in [2.45, 2.75) is 328 Å². The molecule has 5 nitrogen and oxygen atoms in total. The minimum Gasteiger partial charge on any atom is -0.462 e. The number of hydrogen-bond acceptors (Lipinski definition) is 5. The molecule has 1 N–H and O–H groups in total. The third kappa shape index (κ3) is 56.4. The molecule has 0 aromatic heterocycles. The summed E-state index contributed by atoms with van der Waals surface area (Å²) in [6.07, 6.45) is 78.1. The Balaban J connectivity index is 3.45. The number of carbonyl (C=O) groups excluding carboxylic acids is 2. The van der Waals surface area contributed by atoms with Gasteiger partial charge in [-0.1, -0.05) is 281 Å². The number of ether oxygens (including phenoxy) is 2. The van der Waals surface area contributed by atoms with E-state index in [-0.39, 0.29) is 25.2 Å². The molecule has 0 amide bonds. The van der Waals surface area contributed by atoms with E-state index in [0.717, 1.165) is 51.4 Å². The average molecular weight is 954 g/mol. The maximum Gasteiger partial charge on any atom is 0.306 e. The monoisotopic (exact) mass is 953 g/mol. The fraction of sp³-hybridized carbons (Fsp3) is 0.841. The van der Waals surface area contributed by atoms with Crippen LogP contribution in [0.2, 0.25) is 0 Å². The fourth-order valence-electron chi connectivity index (χ4n) is 9.03. The second-order valence-electron chi connectivity index (χ2n) is 20.4. The zero-order valence-electron chi connectivity index (χ0n) is 45.6. The molecule has 5 heteroatoms. The standard InChI is InChI=1S/C63H116O5/c1-3-5-7-9-11-13-15-17-19-21-23-25-27-29-30-31-32-34-35-37-39-41-43-45-47-49-51-53-55-57-62(65)67-60-61(59-64)68-63(66)58-56-54-52-50-48-46-44-42-40-38-36-33-28-26-24-22-20-18-16-14-12-10-8-6-4-2/h16,18,21-24,28,33,61,64H,3-15,17,19-20,25-27,29-32,34-60H2,1-2H3/b18-16-,23-21-,24-22-,33-28-. The highest BCUT2D eigenvalue weighted by molar-refractivity contribution is 5.70. The molecular weight excluding hydrogens is 837 g/mol. The van der Waals surface area contributed by atoms with Gasteiger partial charge in [0, 0.05) is 12.8 Å². The smallest absolute Gasteiger partial charge is 0.306 e. The van der Waals surface area contributed by atoms with E-state index in [2.05, 4.69) is 62.5 Å². The van der Waals surface area contributed by atoms with E-state index in [4.69, 9.17) is 9.47 Å². The molecule has 0 saturated carbocycles. The van der Waals surface area contributed by atoms with Crippen LogP contribution in [0.5, 0.6) is 0 Å². The van der Waals surface area contributed by atoms with Crippen molar-refractivity contribution in [3.05, 3.63) is 48.6 Å². The van der Waals surface area contributed by atoms with E-state index in [1.54, 1.807) is 0 Å². The van der Waals surface area contributed by atoms with Gasteiger partial charge in [0.25, 0.3) is 0 Å². The van der Waals surface area contributed by atoms with Gasteiger partial charge in [0.15, 0.2) is 6.10 Å². The zero-order chi connectivity index (χ0) is 49.2. The molecule has 1 atom stereocenters. The summed E-state index contributed by atoms with van der Waals surface area (Å²) in [6.45, 7) is 4.17. The number of esters is 2. The second kappa shape index (κ2) is 59.2. The maximum atomic E-state index is 12.3. The number of unbranched alkanes of at least 4 members (excludes halogenated alkanes) is 40. The van der Waals surface area contributed by atoms with Crippen molar-refractivity contribution in [3.8, 4) is 0 Å². The van der Waals surface area contributed by atoms with Crippen LogP contribution in [0.4, 0.5) is 0 Å². The summed E-state index contributed by atoms with van der Waals surface area (Å²) in [6, 6.07) is 0. The van der Waals surface area contributed by atoms with Crippen LogP contribution in [-0.2, 0) is 19.1 Å². The summed E-state index contributed by atoms with van der Waals surface area (Å²) in [5.41, 5.74) is 0. The van der Waals surface area contributed by atoms with Crippen LogP contribution in [-0.4, -0.2) is 36.4 Å². The summed E-state index contributed by atoms with van der Waals surface area (Å²) in [7, 11) is 0. The molecular formula is C63H116O5. The van der Waals surface area contributed by atoms with Gasteiger partial charge in [-0.3, -0.25) is 9.59 Å². The molecule has 398 valence electrons. The number of aliphatic hydroxyl groups is 1. The quantitative estimate of drug-likeness (QED) is 0.0374. The van der Waals surface area contributed by atoms with E-state index in [1.807, 2.05) is 0 Å². The van der Waals surface area contributed by atoms with Gasteiger partial charge in [0.2, 0.25) is 0 Å². The van der Waals surface area contributed by atoms with Crippen molar-refractivity contribution >= 4 is 11.9 Å². The first-order valence-corrected chi connectivity index (χ1v) is 30.2. The van der Waals surface area contributed by atoms with Crippen LogP contribution in [0, 0.1) is 0 Å². The van der Waals surface area contributed by atoms with Crippen LogP contribution in [0.25, 0.3) is 0 Å². The van der Waals surface area contributed by atoms with Gasteiger partial charge in [-0.15, -0.1) is 0 Å². The largest absolute Gasteiger partial charge is 0.462 e. The van der Waals surface area contributed by atoms with E-state index in [9.17, 15) is 14.7 Å². The highest BCUT2D eigenvalue weighted by atomic mass is 16.6. The van der Waals surface area contributed by atoms with E-state index < -0.39 is 6.10 Å². The number of rotatable bonds is 56. The first kappa shape index (κ1) is 65.9. The Labute approximate surface area is 424 Å². The molecule has 68 heavy (non-hydrogen) atoms. The van der Waals surface area contributed by atoms with Gasteiger partial charge in [0.05, 0.1) is 6.61 Å². The number of allylic oxidation sites excluding steroid dienone is 8. The normalized spacial score (nSPS) is 12.5. The Morgan fingerprint density at radius 1 is 0.338 bits per heavy atom. The van der Waals surface area contributed by atoms with Gasteiger partial charge >= 0.3 is 11.9 Å². The third-order valence-electron chi connectivity index (χ3n) is 13.6. The molecule has 0 aromatic carbocycles. The Morgan fingerprint density at radius 3 is 0.897 bits per heavy atom. The molecule has 0 aliphatic carbocycles. The lowest BCUT2D eigenvalue weighted by Gasteiger charge is -2.15. The number of hydrogen-bond donors (Lipinski definition) is 1. The summed E-state index contributed by atoms with van der Waals surface area (Å²) in [4.78, 5) is 24.6. The second-order valence-corrected chi connectivity index (χ2v) is 20.4. The van der Waals surface area contributed by atoms with Gasteiger partial charge in [0.1, 0.15) is 6.61 Å². The third-order valence-corrected chi connectivity index (χ3v) is 13.6. The molecule has 0 bridgehead atoms. The number of carbonyl (C=O) groups is 2. The zero-order valence-corrected chi connectivity index (χ0v) is 45.6. The van der Waals surface area contributed by atoms with Crippen molar-refractivity contribution in [3.63, 3.8) is 0 Å². The Bertz CT molecular complexity index is 1120. The predicted molar refractivity (Wildman–Crippen MR) is 297 cm³/mol. The average Bonchev–Trinajstić information content (AvgIpc) is 3.34. The predicted octanol–water partition coefficient (Wildman–Crippen LogP) is 20.4. The Kier molecular flexibility index (Phi) is 57.3. The van der Waals surface area contributed by atoms with Crippen LogP contribution >= 0.6 is 0 Å². The minimum atomic E-state index is -0.775. The van der Waals surface area contributed by atoms with Crippen molar-refractivity contribution in [2.75, 3.05) is 13.2 Å². The molecule has 1 unspecified atom stereocenters. The van der Waals surface area contributed by atoms with E-state index in [1.165, 1.54) is 244 Å². The summed E-state index contributed by atoms with van der Waals surface area (Å²) >= 11 is 0. The van der Waals surface area contributed by atoms with Gasteiger partial charge < -0.3 is 14.6 Å². The van der Waals surface area contributed by atoms with Crippen LogP contribution in [0.3, 0.4) is 0 Å². The van der Waals surface area contributed by atoms with Crippen LogP contribution in [0.1, 0.15) is 322 Å². The lowest BCUT2D eigenvalue weighted by Crippen LogP contribution is -2.28. The van der Waals surface area contributed by atoms with Crippen molar-refractivity contribution in [1.82, 2.24) is 0 Å². The summed E-state index contributed by atoms with van der Waals surface area (Å²) in [5.74, 6) is -0.581. The number of aliphatic hydroxyl groups excluding tert-OH is 1. The molecule has 0 saturated heterocycles. The lowest BCUT2D eigenvalue weighted by atomic mass is 10.0. The van der Waals surface area contributed by atoms with Crippen molar-refractivity contribution < 1.29 is 24.2 Å². The molecule has 0 rings (SSSR count). The minimum absolute atomic E-state index is 0.0647. The molecule has 0 heterocycles. The van der Waals surface area contributed by atoms with Gasteiger partial charge in [-0.05, 0) is 77.0 Å².